The number of halogens is 3. The van der Waals surface area contributed by atoms with Crippen LogP contribution in [0.25, 0.3) is 0 Å². The number of benzene rings is 3. The van der Waals surface area contributed by atoms with Gasteiger partial charge in [-0.1, -0.05) is 50.5 Å². The number of non-ortho nitro benzene ring substituents is 1. The lowest BCUT2D eigenvalue weighted by Gasteiger charge is -2.43. The van der Waals surface area contributed by atoms with Crippen molar-refractivity contribution in [1.82, 2.24) is 4.98 Å². The van der Waals surface area contributed by atoms with Gasteiger partial charge in [-0.25, -0.2) is 0 Å². The second-order valence-corrected chi connectivity index (χ2v) is 16.3. The molecule has 0 unspecified atom stereocenters. The maximum absolute atomic E-state index is 14.1. The Hall–Kier alpha value is -3.69. The highest BCUT2D eigenvalue weighted by Crippen LogP contribution is 2.69. The zero-order valence-electron chi connectivity index (χ0n) is 24.9. The minimum Gasteiger partial charge on any atom is -0.483 e. The Morgan fingerprint density at radius 1 is 1.02 bits per heavy atom. The molecule has 2 aliphatic carbocycles. The van der Waals surface area contributed by atoms with E-state index in [0.717, 1.165) is 31.3 Å². The molecule has 3 aromatic carbocycles. The molecule has 3 amide bonds. The number of nitrogens with one attached hydrogen (secondary N) is 2. The summed E-state index contributed by atoms with van der Waals surface area (Å²) >= 11 is 18.4. The number of nitro groups is 1. The minimum atomic E-state index is -0.567. The van der Waals surface area contributed by atoms with Crippen LogP contribution in [0.15, 0.2) is 75.0 Å². The lowest BCUT2D eigenvalue weighted by Crippen LogP contribution is -2.42. The molecule has 250 valence electrons. The minimum absolute atomic E-state index is 0.0765. The largest absolute Gasteiger partial charge is 0.483 e. The summed E-state index contributed by atoms with van der Waals surface area (Å²) in [7, 11) is 0. The Bertz CT molecular complexity index is 2140. The number of anilines is 2. The summed E-state index contributed by atoms with van der Waals surface area (Å²) in [6, 6.07) is 15.7. The maximum Gasteiger partial charge on any atom is 0.305 e. The Morgan fingerprint density at radius 2 is 1.76 bits per heavy atom. The summed E-state index contributed by atoms with van der Waals surface area (Å²) < 4.78 is 6.92. The van der Waals surface area contributed by atoms with Crippen molar-refractivity contribution in [1.29, 1.82) is 0 Å². The Kier molecular flexibility index (Phi) is 8.14. The summed E-state index contributed by atoms with van der Waals surface area (Å²) in [6.07, 6.45) is 0.676. The number of fused-ring (bicyclic) bond motifs is 9. The van der Waals surface area contributed by atoms with Gasteiger partial charge < -0.3 is 15.0 Å². The van der Waals surface area contributed by atoms with Crippen LogP contribution in [0.5, 0.6) is 5.75 Å². The smallest absolute Gasteiger partial charge is 0.305 e. The highest BCUT2D eigenvalue weighted by Gasteiger charge is 2.70. The number of hydrogen-bond donors (Lipinski definition) is 2. The normalized spacial score (nSPS) is 26.3. The van der Waals surface area contributed by atoms with Gasteiger partial charge in [0.05, 0.1) is 37.5 Å². The van der Waals surface area contributed by atoms with E-state index in [2.05, 4.69) is 26.2 Å². The second-order valence-electron chi connectivity index (χ2n) is 12.4. The number of hydrogen-bond acceptors (Lipinski definition) is 9. The van der Waals surface area contributed by atoms with Crippen molar-refractivity contribution in [2.45, 2.75) is 22.6 Å². The van der Waals surface area contributed by atoms with Crippen LogP contribution < -0.4 is 19.8 Å². The van der Waals surface area contributed by atoms with Crippen LogP contribution in [-0.4, -0.2) is 39.5 Å². The SMILES string of the molecule is O=C(COc1ccc(Br)cc1[C@@H]1c2sc(=O)[nH]c2S[C@@H]2[C@@H]3C[C@@H]([C@@H]4C(=O)N(c5ccc([N+](=O)[O-])cc5)C(=O)[C@@H]34)[C@H]12)Nc1ccc(Cl)c(Cl)c1. The summed E-state index contributed by atoms with van der Waals surface area (Å²) in [5, 5.41) is 15.3. The van der Waals surface area contributed by atoms with Gasteiger partial charge in [-0.2, -0.15) is 0 Å². The highest BCUT2D eigenvalue weighted by atomic mass is 79.9. The number of nitro benzene ring substituents is 1. The molecular weight excluding hydrogens is 779 g/mol. The second kappa shape index (κ2) is 12.3. The third-order valence-corrected chi connectivity index (χ3v) is 13.7. The average Bonchev–Trinajstić information content (AvgIpc) is 3.81. The number of nitrogens with zero attached hydrogens (tertiary/aromatic N) is 2. The molecule has 2 saturated carbocycles. The van der Waals surface area contributed by atoms with Crippen LogP contribution in [0.1, 0.15) is 22.8 Å². The molecule has 7 atom stereocenters. The van der Waals surface area contributed by atoms with Crippen molar-refractivity contribution >= 4 is 97.0 Å². The standard InChI is InChI=1S/C33H23BrCl2N4O7S2/c34-13-1-8-22(47-12-23(41)37-14-2-7-20(35)21(36)10-14)17(9-13)24-25-18-11-19(28(25)48-30-29(24)49-33(44)38-30)27-26(18)31(42)39(32(27)43)15-3-5-16(6-4-15)40(45)46/h1-10,18-19,24-28H,11-12H2,(H,37,41)(H,38,44)/t18-,19-,24+,25-,26+,27+,28-/m1/s1. The number of aromatic amines is 1. The van der Waals surface area contributed by atoms with E-state index in [0.29, 0.717) is 33.6 Å². The number of H-pyrrole nitrogens is 1. The molecule has 49 heavy (non-hydrogen) atoms. The number of thiazole rings is 1. The van der Waals surface area contributed by atoms with Gasteiger partial charge in [0.25, 0.3) is 11.6 Å². The monoisotopic (exact) mass is 800 g/mol. The first kappa shape index (κ1) is 32.5. The number of thioether (sulfide) groups is 1. The lowest BCUT2D eigenvalue weighted by atomic mass is 9.68. The third kappa shape index (κ3) is 5.39. The number of rotatable bonds is 7. The molecular formula is C33H23BrCl2N4O7S2. The first-order chi connectivity index (χ1) is 23.5. The lowest BCUT2D eigenvalue weighted by molar-refractivity contribution is -0.384. The molecule has 16 heteroatoms. The Balaban J connectivity index is 1.12. The van der Waals surface area contributed by atoms with E-state index in [1.54, 1.807) is 36.0 Å². The van der Waals surface area contributed by atoms with Crippen LogP contribution >= 0.6 is 62.2 Å². The number of ether oxygens (including phenoxy) is 1. The molecule has 0 radical (unpaired) electrons. The predicted molar refractivity (Wildman–Crippen MR) is 189 cm³/mol. The number of amides is 3. The van der Waals surface area contributed by atoms with Crippen molar-refractivity contribution in [3.05, 3.63) is 105 Å². The fraction of sp³-hybridized carbons (Fsp3) is 0.273. The summed E-state index contributed by atoms with van der Waals surface area (Å²) in [5.41, 5.74) is 1.40. The van der Waals surface area contributed by atoms with Gasteiger partial charge in [-0.05, 0) is 72.7 Å². The van der Waals surface area contributed by atoms with Crippen molar-refractivity contribution in [3.8, 4) is 5.75 Å². The molecule has 3 heterocycles. The number of carbonyl (C=O) groups excluding carboxylic acids is 3. The predicted octanol–water partition coefficient (Wildman–Crippen LogP) is 7.11. The van der Waals surface area contributed by atoms with Crippen molar-refractivity contribution in [3.63, 3.8) is 0 Å². The molecule has 2 aliphatic heterocycles. The Labute approximate surface area is 304 Å². The molecule has 2 N–H and O–H groups in total. The molecule has 3 fully saturated rings. The maximum atomic E-state index is 14.1. The van der Waals surface area contributed by atoms with Crippen LogP contribution in [-0.2, 0) is 14.4 Å². The fourth-order valence-corrected chi connectivity index (χ4v) is 11.7. The van der Waals surface area contributed by atoms with Gasteiger partial charge in [0.2, 0.25) is 11.8 Å². The summed E-state index contributed by atoms with van der Waals surface area (Å²) in [6.45, 7) is -0.311. The van der Waals surface area contributed by atoms with Gasteiger partial charge in [0.15, 0.2) is 6.61 Å². The van der Waals surface area contributed by atoms with E-state index in [-0.39, 0.29) is 57.9 Å². The van der Waals surface area contributed by atoms with Crippen molar-refractivity contribution in [2.75, 3.05) is 16.8 Å². The van der Waals surface area contributed by atoms with E-state index in [4.69, 9.17) is 27.9 Å². The first-order valence-corrected chi connectivity index (χ1v) is 18.4. The summed E-state index contributed by atoms with van der Waals surface area (Å²) in [5.74, 6) is -2.44. The molecule has 0 spiro atoms. The fourth-order valence-electron chi connectivity index (χ4n) is 8.15. The zero-order valence-corrected chi connectivity index (χ0v) is 29.7. The van der Waals surface area contributed by atoms with Crippen LogP contribution in [0, 0.1) is 39.7 Å². The topological polar surface area (TPSA) is 152 Å². The molecule has 11 nitrogen and oxygen atoms in total. The third-order valence-electron chi connectivity index (χ3n) is 9.91. The average molecular weight is 803 g/mol. The van der Waals surface area contributed by atoms with Crippen LogP contribution in [0.4, 0.5) is 17.1 Å². The van der Waals surface area contributed by atoms with E-state index in [1.165, 1.54) is 29.2 Å². The number of imide groups is 1. The van der Waals surface area contributed by atoms with Crippen molar-refractivity contribution < 1.29 is 24.0 Å². The van der Waals surface area contributed by atoms with Crippen LogP contribution in [0.3, 0.4) is 0 Å². The van der Waals surface area contributed by atoms with E-state index >= 15 is 0 Å². The highest BCUT2D eigenvalue weighted by molar-refractivity contribution is 9.10. The van der Waals surface area contributed by atoms with Gasteiger partial charge in [-0.3, -0.25) is 34.2 Å². The summed E-state index contributed by atoms with van der Waals surface area (Å²) in [4.78, 5) is 69.2. The Morgan fingerprint density at radius 3 is 2.47 bits per heavy atom. The number of aromatic nitrogens is 1. The van der Waals surface area contributed by atoms with E-state index < -0.39 is 22.7 Å². The van der Waals surface area contributed by atoms with Gasteiger partial charge >= 0.3 is 4.87 Å². The number of carbonyl (C=O) groups is 3. The quantitative estimate of drug-likeness (QED) is 0.114. The van der Waals surface area contributed by atoms with Crippen molar-refractivity contribution in [2.24, 2.45) is 29.6 Å². The molecule has 8 rings (SSSR count). The van der Waals surface area contributed by atoms with Gasteiger partial charge in [0.1, 0.15) is 5.75 Å². The molecule has 4 aromatic rings. The molecule has 1 aromatic heterocycles. The molecule has 4 aliphatic rings. The van der Waals surface area contributed by atoms with Crippen LogP contribution in [0.2, 0.25) is 10.0 Å². The molecule has 1 saturated heterocycles. The van der Waals surface area contributed by atoms with Gasteiger partial charge in [-0.15, -0.1) is 11.8 Å². The molecule has 2 bridgehead atoms. The van der Waals surface area contributed by atoms with Gasteiger partial charge in [0, 0.05) is 43.9 Å². The zero-order chi connectivity index (χ0) is 34.3. The first-order valence-electron chi connectivity index (χ1n) is 15.2. The van der Waals surface area contributed by atoms with E-state index in [9.17, 15) is 29.3 Å². The van der Waals surface area contributed by atoms with E-state index in [1.807, 2.05) is 12.1 Å².